The van der Waals surface area contributed by atoms with Crippen LogP contribution < -0.4 is 10.5 Å². The van der Waals surface area contributed by atoms with Crippen LogP contribution in [-0.4, -0.2) is 20.5 Å². The summed E-state index contributed by atoms with van der Waals surface area (Å²) in [6, 6.07) is 0.814. The van der Waals surface area contributed by atoms with Gasteiger partial charge in [-0.15, -0.1) is 0 Å². The summed E-state index contributed by atoms with van der Waals surface area (Å²) in [5.41, 5.74) is 4.74. The molecule has 0 unspecified atom stereocenters. The van der Waals surface area contributed by atoms with Crippen LogP contribution in [0, 0.1) is 17.5 Å². The third kappa shape index (κ3) is 3.69. The van der Waals surface area contributed by atoms with Crippen molar-refractivity contribution in [1.82, 2.24) is 4.72 Å². The molecule has 0 atom stereocenters. The fourth-order valence-electron chi connectivity index (χ4n) is 1.05. The predicted octanol–water partition coefficient (Wildman–Crippen LogP) is 1.12. The Morgan fingerprint density at radius 1 is 1.22 bits per heavy atom. The first-order valence-corrected chi connectivity index (χ1v) is 6.44. The summed E-state index contributed by atoms with van der Waals surface area (Å²) in [7, 11) is -4.13. The second-order valence-electron chi connectivity index (χ2n) is 4.51. The number of hydrogen-bond acceptors (Lipinski definition) is 3. The molecule has 1 aromatic rings. The van der Waals surface area contributed by atoms with E-state index in [0.29, 0.717) is 12.1 Å². The highest BCUT2D eigenvalue weighted by Gasteiger charge is 2.22. The van der Waals surface area contributed by atoms with Gasteiger partial charge >= 0.3 is 0 Å². The smallest absolute Gasteiger partial charge is 0.240 e. The molecule has 0 fully saturated rings. The van der Waals surface area contributed by atoms with Gasteiger partial charge in [-0.3, -0.25) is 0 Å². The van der Waals surface area contributed by atoms with E-state index in [0.717, 1.165) is 0 Å². The molecule has 18 heavy (non-hydrogen) atoms. The van der Waals surface area contributed by atoms with Gasteiger partial charge < -0.3 is 5.73 Å². The first-order valence-electron chi connectivity index (χ1n) is 4.96. The predicted molar refractivity (Wildman–Crippen MR) is 59.8 cm³/mol. The molecule has 0 aliphatic rings. The van der Waals surface area contributed by atoms with Gasteiger partial charge in [-0.05, 0) is 26.0 Å². The van der Waals surface area contributed by atoms with Gasteiger partial charge in [-0.25, -0.2) is 26.3 Å². The average molecular weight is 282 g/mol. The number of benzene rings is 1. The van der Waals surface area contributed by atoms with E-state index in [2.05, 4.69) is 4.72 Å². The van der Waals surface area contributed by atoms with E-state index in [1.54, 1.807) is 13.8 Å². The molecule has 0 saturated carbocycles. The Morgan fingerprint density at radius 3 is 2.06 bits per heavy atom. The van der Waals surface area contributed by atoms with Crippen molar-refractivity contribution in [3.8, 4) is 0 Å². The number of rotatable bonds is 4. The average Bonchev–Trinajstić information content (AvgIpc) is 2.21. The lowest BCUT2D eigenvalue weighted by molar-refractivity contribution is 0.441. The molecular weight excluding hydrogens is 269 g/mol. The molecule has 4 nitrogen and oxygen atoms in total. The molecule has 1 aromatic carbocycles. The van der Waals surface area contributed by atoms with E-state index in [1.807, 2.05) is 0 Å². The summed E-state index contributed by atoms with van der Waals surface area (Å²) in [5.74, 6) is -4.85. The SMILES string of the molecule is CC(C)(N)CNS(=O)(=O)c1cc(F)c(F)c(F)c1. The quantitative estimate of drug-likeness (QED) is 0.813. The largest absolute Gasteiger partial charge is 0.324 e. The molecule has 0 amide bonds. The molecule has 8 heteroatoms. The molecule has 0 saturated heterocycles. The van der Waals surface area contributed by atoms with Gasteiger partial charge in [0, 0.05) is 12.1 Å². The fraction of sp³-hybridized carbons (Fsp3) is 0.400. The minimum atomic E-state index is -4.13. The van der Waals surface area contributed by atoms with Gasteiger partial charge in [0.25, 0.3) is 0 Å². The van der Waals surface area contributed by atoms with E-state index in [1.165, 1.54) is 0 Å². The molecular formula is C10H13F3N2O2S. The van der Waals surface area contributed by atoms with Crippen molar-refractivity contribution in [2.24, 2.45) is 5.73 Å². The first-order chi connectivity index (χ1) is 8.03. The maximum absolute atomic E-state index is 12.9. The normalized spacial score (nSPS) is 12.8. The van der Waals surface area contributed by atoms with Crippen LogP contribution >= 0.6 is 0 Å². The number of halogens is 3. The lowest BCUT2D eigenvalue weighted by Crippen LogP contribution is -2.45. The second-order valence-corrected chi connectivity index (χ2v) is 6.28. The summed E-state index contributed by atoms with van der Waals surface area (Å²) < 4.78 is 63.9. The van der Waals surface area contributed by atoms with Crippen molar-refractivity contribution in [2.75, 3.05) is 6.54 Å². The highest BCUT2D eigenvalue weighted by molar-refractivity contribution is 7.89. The van der Waals surface area contributed by atoms with E-state index < -0.39 is 37.9 Å². The van der Waals surface area contributed by atoms with Gasteiger partial charge in [-0.2, -0.15) is 0 Å². The third-order valence-electron chi connectivity index (χ3n) is 1.99. The van der Waals surface area contributed by atoms with Crippen molar-refractivity contribution < 1.29 is 21.6 Å². The number of nitrogens with one attached hydrogen (secondary N) is 1. The number of nitrogens with two attached hydrogens (primary N) is 1. The van der Waals surface area contributed by atoms with Crippen LogP contribution in [0.15, 0.2) is 17.0 Å². The minimum Gasteiger partial charge on any atom is -0.324 e. The lowest BCUT2D eigenvalue weighted by atomic mass is 10.1. The number of hydrogen-bond donors (Lipinski definition) is 2. The van der Waals surface area contributed by atoms with Crippen molar-refractivity contribution in [3.05, 3.63) is 29.6 Å². The summed E-state index contributed by atoms with van der Waals surface area (Å²) in [6.45, 7) is 3.01. The Kier molecular flexibility index (Phi) is 4.04. The maximum Gasteiger partial charge on any atom is 0.240 e. The zero-order valence-corrected chi connectivity index (χ0v) is 10.6. The van der Waals surface area contributed by atoms with Crippen molar-refractivity contribution in [3.63, 3.8) is 0 Å². The van der Waals surface area contributed by atoms with Gasteiger partial charge in [-0.1, -0.05) is 0 Å². The van der Waals surface area contributed by atoms with Crippen molar-refractivity contribution >= 4 is 10.0 Å². The van der Waals surface area contributed by atoms with Gasteiger partial charge in [0.05, 0.1) is 4.90 Å². The standard InChI is InChI=1S/C10H13F3N2O2S/c1-10(2,14)5-15-18(16,17)6-3-7(11)9(13)8(12)4-6/h3-4,15H,5,14H2,1-2H3. The maximum atomic E-state index is 12.9. The molecule has 0 aromatic heterocycles. The summed E-state index contributed by atoms with van der Waals surface area (Å²) in [5, 5.41) is 0. The zero-order valence-electron chi connectivity index (χ0n) is 9.80. The van der Waals surface area contributed by atoms with Gasteiger partial charge in [0.15, 0.2) is 17.5 Å². The van der Waals surface area contributed by atoms with Crippen LogP contribution in [0.1, 0.15) is 13.8 Å². The lowest BCUT2D eigenvalue weighted by Gasteiger charge is -2.19. The van der Waals surface area contributed by atoms with Crippen LogP contribution in [0.3, 0.4) is 0 Å². The van der Waals surface area contributed by atoms with E-state index in [-0.39, 0.29) is 6.54 Å². The van der Waals surface area contributed by atoms with Crippen LogP contribution in [0.5, 0.6) is 0 Å². The molecule has 0 bridgehead atoms. The van der Waals surface area contributed by atoms with E-state index in [9.17, 15) is 21.6 Å². The summed E-state index contributed by atoms with van der Waals surface area (Å²) in [6.07, 6.45) is 0. The van der Waals surface area contributed by atoms with E-state index in [4.69, 9.17) is 5.73 Å². The summed E-state index contributed by atoms with van der Waals surface area (Å²) in [4.78, 5) is -0.692. The van der Waals surface area contributed by atoms with Crippen molar-refractivity contribution in [2.45, 2.75) is 24.3 Å². The second kappa shape index (κ2) is 4.87. The summed E-state index contributed by atoms with van der Waals surface area (Å²) >= 11 is 0. The van der Waals surface area contributed by atoms with Crippen molar-refractivity contribution in [1.29, 1.82) is 0 Å². The highest BCUT2D eigenvalue weighted by Crippen LogP contribution is 2.17. The Hall–Kier alpha value is -1.12. The Labute approximate surface area is 103 Å². The van der Waals surface area contributed by atoms with Gasteiger partial charge in [0.1, 0.15) is 0 Å². The molecule has 0 aliphatic heterocycles. The topological polar surface area (TPSA) is 72.2 Å². The number of sulfonamides is 1. The van der Waals surface area contributed by atoms with Gasteiger partial charge in [0.2, 0.25) is 10.0 Å². The zero-order chi connectivity index (χ0) is 14.1. The molecule has 0 heterocycles. The van der Waals surface area contributed by atoms with Crippen LogP contribution in [0.25, 0.3) is 0 Å². The Bertz CT molecular complexity index is 530. The molecule has 3 N–H and O–H groups in total. The molecule has 102 valence electrons. The van der Waals surface area contributed by atoms with Crippen LogP contribution in [0.2, 0.25) is 0 Å². The Morgan fingerprint density at radius 2 is 1.67 bits per heavy atom. The monoisotopic (exact) mass is 282 g/mol. The fourth-order valence-corrected chi connectivity index (χ4v) is 2.30. The Balaban J connectivity index is 3.07. The van der Waals surface area contributed by atoms with E-state index >= 15 is 0 Å². The molecule has 0 radical (unpaired) electrons. The minimum absolute atomic E-state index is 0.129. The molecule has 1 rings (SSSR count). The highest BCUT2D eigenvalue weighted by atomic mass is 32.2. The molecule has 0 aliphatic carbocycles. The third-order valence-corrected chi connectivity index (χ3v) is 3.37. The first kappa shape index (κ1) is 14.9. The van der Waals surface area contributed by atoms with Crippen LogP contribution in [0.4, 0.5) is 13.2 Å². The van der Waals surface area contributed by atoms with Crippen LogP contribution in [-0.2, 0) is 10.0 Å². The molecule has 0 spiro atoms.